The molecule has 2 aromatic carbocycles. The van der Waals surface area contributed by atoms with Crippen LogP contribution in [-0.2, 0) is 9.53 Å². The second-order valence-corrected chi connectivity index (χ2v) is 7.77. The molecular weight excluding hydrogens is 373 g/mol. The Morgan fingerprint density at radius 1 is 1.08 bits per heavy atom. The maximum absolute atomic E-state index is 13.0. The molecule has 4 nitrogen and oxygen atoms in total. The minimum Gasteiger partial charge on any atom is -0.443 e. The Morgan fingerprint density at radius 2 is 1.77 bits per heavy atom. The van der Waals surface area contributed by atoms with Gasteiger partial charge in [0.25, 0.3) is 5.91 Å². The summed E-state index contributed by atoms with van der Waals surface area (Å²) in [7, 11) is 0. The van der Waals surface area contributed by atoms with Gasteiger partial charge in [0.05, 0.1) is 11.3 Å². The lowest BCUT2D eigenvalue weighted by atomic mass is 10.0. The molecule has 2 aromatic rings. The summed E-state index contributed by atoms with van der Waals surface area (Å²) >= 11 is 12.1. The van der Waals surface area contributed by atoms with Crippen LogP contribution in [0.15, 0.2) is 42.5 Å². The number of benzene rings is 2. The van der Waals surface area contributed by atoms with Crippen LogP contribution >= 0.6 is 23.2 Å². The number of hydrogen-bond donors (Lipinski definition) is 0. The second-order valence-electron chi connectivity index (χ2n) is 6.90. The first-order chi connectivity index (χ1) is 12.2. The number of carbonyl (C=O) groups is 2. The number of halogens is 2. The number of anilines is 1. The Hall–Kier alpha value is -2.30. The fourth-order valence-corrected chi connectivity index (χ4v) is 3.02. The lowest BCUT2D eigenvalue weighted by molar-refractivity contribution is -0.112. The molecule has 0 atom stereocenters. The van der Waals surface area contributed by atoms with Gasteiger partial charge in [0.2, 0.25) is 0 Å². The van der Waals surface area contributed by atoms with Crippen LogP contribution in [0.1, 0.15) is 31.9 Å². The van der Waals surface area contributed by atoms with Gasteiger partial charge in [-0.1, -0.05) is 41.4 Å². The minimum atomic E-state index is -0.736. The maximum Gasteiger partial charge on any atom is 0.422 e. The standard InChI is InChI=1S/C20H17Cl2NO3/c1-20(2,3)26-19(25)23-17-11-14(22)7-8-15(17)16(18(23)24)10-12-5-4-6-13(21)9-12/h4-11H,1-3H3. The molecule has 0 fully saturated rings. The van der Waals surface area contributed by atoms with Gasteiger partial charge in [-0.3, -0.25) is 4.79 Å². The molecule has 0 aliphatic carbocycles. The largest absolute Gasteiger partial charge is 0.443 e. The lowest BCUT2D eigenvalue weighted by Gasteiger charge is -2.23. The van der Waals surface area contributed by atoms with E-state index in [-0.39, 0.29) is 0 Å². The van der Waals surface area contributed by atoms with Crippen molar-refractivity contribution in [3.63, 3.8) is 0 Å². The van der Waals surface area contributed by atoms with E-state index in [0.717, 1.165) is 10.5 Å². The van der Waals surface area contributed by atoms with Crippen LogP contribution in [0.2, 0.25) is 10.0 Å². The van der Waals surface area contributed by atoms with E-state index in [1.807, 2.05) is 6.07 Å². The van der Waals surface area contributed by atoms with Gasteiger partial charge in [-0.05, 0) is 56.7 Å². The number of fused-ring (bicyclic) bond motifs is 1. The third-order valence-electron chi connectivity index (χ3n) is 3.66. The third-order valence-corrected chi connectivity index (χ3v) is 4.13. The average Bonchev–Trinajstić information content (AvgIpc) is 2.77. The Morgan fingerprint density at radius 3 is 2.42 bits per heavy atom. The predicted molar refractivity (Wildman–Crippen MR) is 104 cm³/mol. The number of ether oxygens (including phenoxy) is 1. The Kier molecular flexibility index (Phi) is 4.82. The van der Waals surface area contributed by atoms with E-state index >= 15 is 0 Å². The van der Waals surface area contributed by atoms with Crippen molar-refractivity contribution in [3.05, 3.63) is 63.6 Å². The van der Waals surface area contributed by atoms with Crippen LogP contribution in [0, 0.1) is 0 Å². The zero-order valence-corrected chi connectivity index (χ0v) is 16.1. The molecule has 0 saturated heterocycles. The number of nitrogens with zero attached hydrogens (tertiary/aromatic N) is 1. The Balaban J connectivity index is 2.09. The molecule has 0 bridgehead atoms. The van der Waals surface area contributed by atoms with Gasteiger partial charge in [0.1, 0.15) is 5.60 Å². The van der Waals surface area contributed by atoms with Crippen molar-refractivity contribution in [2.45, 2.75) is 26.4 Å². The van der Waals surface area contributed by atoms with E-state index in [4.69, 9.17) is 27.9 Å². The lowest BCUT2D eigenvalue weighted by Crippen LogP contribution is -2.38. The van der Waals surface area contributed by atoms with Crippen LogP contribution in [0.3, 0.4) is 0 Å². The van der Waals surface area contributed by atoms with E-state index in [9.17, 15) is 9.59 Å². The molecule has 26 heavy (non-hydrogen) atoms. The summed E-state index contributed by atoms with van der Waals surface area (Å²) in [4.78, 5) is 26.6. The molecular formula is C20H17Cl2NO3. The normalized spacial score (nSPS) is 15.3. The Labute approximate surface area is 162 Å². The third kappa shape index (κ3) is 3.76. The van der Waals surface area contributed by atoms with Crippen molar-refractivity contribution in [1.29, 1.82) is 0 Å². The topological polar surface area (TPSA) is 46.6 Å². The van der Waals surface area contributed by atoms with Crippen LogP contribution in [0.5, 0.6) is 0 Å². The molecule has 0 spiro atoms. The van der Waals surface area contributed by atoms with Gasteiger partial charge in [0, 0.05) is 15.6 Å². The molecule has 1 aliphatic heterocycles. The van der Waals surface area contributed by atoms with Crippen molar-refractivity contribution in [3.8, 4) is 0 Å². The molecule has 0 aromatic heterocycles. The first-order valence-corrected chi connectivity index (χ1v) is 8.76. The molecule has 134 valence electrons. The van der Waals surface area contributed by atoms with E-state index in [1.54, 1.807) is 63.2 Å². The van der Waals surface area contributed by atoms with Crippen molar-refractivity contribution in [1.82, 2.24) is 0 Å². The summed E-state index contributed by atoms with van der Waals surface area (Å²) < 4.78 is 5.38. The Bertz CT molecular complexity index is 929. The van der Waals surface area contributed by atoms with Crippen LogP contribution in [-0.4, -0.2) is 17.6 Å². The monoisotopic (exact) mass is 389 g/mol. The minimum absolute atomic E-state index is 0.379. The summed E-state index contributed by atoms with van der Waals surface area (Å²) in [5.74, 6) is -0.462. The predicted octanol–water partition coefficient (Wildman–Crippen LogP) is 5.82. The molecule has 6 heteroatoms. The summed E-state index contributed by atoms with van der Waals surface area (Å²) in [6, 6.07) is 12.1. The van der Waals surface area contributed by atoms with Gasteiger partial charge < -0.3 is 4.74 Å². The highest BCUT2D eigenvalue weighted by atomic mass is 35.5. The van der Waals surface area contributed by atoms with Gasteiger partial charge in [-0.2, -0.15) is 0 Å². The fraction of sp³-hybridized carbons (Fsp3) is 0.200. The molecule has 0 saturated carbocycles. The number of carbonyl (C=O) groups excluding carboxylic acids is 2. The summed E-state index contributed by atoms with van der Waals surface area (Å²) in [6.45, 7) is 5.23. The van der Waals surface area contributed by atoms with E-state index < -0.39 is 17.6 Å². The highest BCUT2D eigenvalue weighted by Gasteiger charge is 2.39. The maximum atomic E-state index is 13.0. The van der Waals surface area contributed by atoms with E-state index in [0.29, 0.717) is 26.9 Å². The van der Waals surface area contributed by atoms with Crippen molar-refractivity contribution in [2.24, 2.45) is 0 Å². The average molecular weight is 390 g/mol. The van der Waals surface area contributed by atoms with E-state index in [2.05, 4.69) is 0 Å². The smallest absolute Gasteiger partial charge is 0.422 e. The van der Waals surface area contributed by atoms with Crippen molar-refractivity contribution in [2.75, 3.05) is 4.90 Å². The number of amides is 2. The first kappa shape index (κ1) is 18.5. The second kappa shape index (κ2) is 6.78. The first-order valence-electron chi connectivity index (χ1n) is 8.00. The van der Waals surface area contributed by atoms with Gasteiger partial charge in [-0.25, -0.2) is 9.69 Å². The zero-order chi connectivity index (χ0) is 19.1. The molecule has 0 radical (unpaired) electrons. The molecule has 1 heterocycles. The SMILES string of the molecule is CC(C)(C)OC(=O)N1C(=O)C(=Cc2cccc(Cl)c2)c2ccc(Cl)cc21. The van der Waals surface area contributed by atoms with E-state index in [1.165, 1.54) is 0 Å². The number of imide groups is 1. The molecule has 1 aliphatic rings. The van der Waals surface area contributed by atoms with Crippen LogP contribution in [0.4, 0.5) is 10.5 Å². The quantitative estimate of drug-likeness (QED) is 0.577. The molecule has 3 rings (SSSR count). The van der Waals surface area contributed by atoms with Gasteiger partial charge in [-0.15, -0.1) is 0 Å². The summed E-state index contributed by atoms with van der Waals surface area (Å²) in [6.07, 6.45) is 0.964. The summed E-state index contributed by atoms with van der Waals surface area (Å²) in [5, 5.41) is 0.985. The molecule has 0 unspecified atom stereocenters. The fourth-order valence-electron chi connectivity index (χ4n) is 2.65. The van der Waals surface area contributed by atoms with Crippen molar-refractivity contribution >= 4 is 52.5 Å². The zero-order valence-electron chi connectivity index (χ0n) is 14.5. The highest BCUT2D eigenvalue weighted by Crippen LogP contribution is 2.40. The molecule has 2 amide bonds. The van der Waals surface area contributed by atoms with Gasteiger partial charge >= 0.3 is 6.09 Å². The van der Waals surface area contributed by atoms with Gasteiger partial charge in [0.15, 0.2) is 0 Å². The van der Waals surface area contributed by atoms with Crippen LogP contribution < -0.4 is 4.90 Å². The summed E-state index contributed by atoms with van der Waals surface area (Å²) in [5.41, 5.74) is 1.43. The highest BCUT2D eigenvalue weighted by molar-refractivity contribution is 6.42. The van der Waals surface area contributed by atoms with Crippen molar-refractivity contribution < 1.29 is 14.3 Å². The van der Waals surface area contributed by atoms with Crippen LogP contribution in [0.25, 0.3) is 11.6 Å². The number of rotatable bonds is 1. The number of hydrogen-bond acceptors (Lipinski definition) is 3. The molecule has 0 N–H and O–H groups in total.